The first-order chi connectivity index (χ1) is 19.3. The van der Waals surface area contributed by atoms with Crippen LogP contribution in [-0.2, 0) is 0 Å². The van der Waals surface area contributed by atoms with Gasteiger partial charge in [-0.25, -0.2) is 42.0 Å². The van der Waals surface area contributed by atoms with E-state index in [-0.39, 0.29) is 5.54 Å². The first-order valence-electron chi connectivity index (χ1n) is 13.9. The van der Waals surface area contributed by atoms with E-state index in [9.17, 15) is 17.3 Å². The van der Waals surface area contributed by atoms with E-state index in [0.29, 0.717) is 0 Å². The van der Waals surface area contributed by atoms with Crippen molar-refractivity contribution in [3.05, 3.63) is 0 Å². The molecular formula is C22H64BF4N13P4. The second kappa shape index (κ2) is 17.2. The Kier molecular flexibility index (Phi) is 18.3. The maximum Gasteiger partial charge on any atom is 0.673 e. The van der Waals surface area contributed by atoms with Gasteiger partial charge in [0.1, 0.15) is 0 Å². The molecule has 0 atom stereocenters. The van der Waals surface area contributed by atoms with Crippen molar-refractivity contribution < 1.29 is 17.3 Å². The minimum absolute atomic E-state index is 0.313. The molecule has 268 valence electrons. The lowest BCUT2D eigenvalue weighted by Gasteiger charge is -2.44. The van der Waals surface area contributed by atoms with Gasteiger partial charge in [-0.2, -0.15) is 0 Å². The van der Waals surface area contributed by atoms with Crippen LogP contribution in [-0.4, -0.2) is 182 Å². The summed E-state index contributed by atoms with van der Waals surface area (Å²) in [6, 6.07) is 0. The lowest BCUT2D eigenvalue weighted by Crippen LogP contribution is -2.38. The summed E-state index contributed by atoms with van der Waals surface area (Å²) in [5.74, 6) is 0. The van der Waals surface area contributed by atoms with Gasteiger partial charge in [0.2, 0.25) is 22.5 Å². The van der Waals surface area contributed by atoms with Gasteiger partial charge >= 0.3 is 15.1 Å². The normalized spacial score (nSPS) is 14.6. The van der Waals surface area contributed by atoms with Crippen LogP contribution >= 0.6 is 30.4 Å². The number of nitrogens with zero attached hydrogens (tertiary/aromatic N) is 12. The Morgan fingerprint density at radius 3 is 0.659 bits per heavy atom. The summed E-state index contributed by atoms with van der Waals surface area (Å²) in [7, 11) is 21.7. The molecule has 0 aromatic carbocycles. The molecule has 1 N–H and O–H groups in total. The van der Waals surface area contributed by atoms with E-state index in [1.807, 2.05) is 0 Å². The van der Waals surface area contributed by atoms with Gasteiger partial charge < -0.3 is 17.3 Å². The van der Waals surface area contributed by atoms with E-state index in [4.69, 9.17) is 13.5 Å². The van der Waals surface area contributed by atoms with E-state index in [1.54, 1.807) is 0 Å². The Hall–Kier alpha value is 0.505. The largest absolute Gasteiger partial charge is 0.673 e. The molecule has 0 saturated heterocycles. The van der Waals surface area contributed by atoms with Gasteiger partial charge in [-0.05, 0) is 161 Å². The molecule has 0 aliphatic rings. The Balaban J connectivity index is 0. The van der Waals surface area contributed by atoms with Gasteiger partial charge in [-0.15, -0.1) is 5.09 Å². The van der Waals surface area contributed by atoms with E-state index >= 15 is 0 Å². The molecule has 0 amide bonds. The Bertz CT molecular complexity index is 859. The van der Waals surface area contributed by atoms with E-state index in [2.05, 4.69) is 195 Å². The lowest BCUT2D eigenvalue weighted by molar-refractivity contribution is 0.368. The van der Waals surface area contributed by atoms with Crippen LogP contribution in [0.3, 0.4) is 0 Å². The molecule has 0 heterocycles. The summed E-state index contributed by atoms with van der Waals surface area (Å²) in [4.78, 5) is 0. The second-order valence-corrected chi connectivity index (χ2v) is 26.9. The molecule has 0 spiro atoms. The smallest absolute Gasteiger partial charge is 0.418 e. The third kappa shape index (κ3) is 11.9. The summed E-state index contributed by atoms with van der Waals surface area (Å²) >= 11 is 0. The van der Waals surface area contributed by atoms with Crippen molar-refractivity contribution in [1.29, 1.82) is 0 Å². The van der Waals surface area contributed by atoms with Crippen LogP contribution in [0.1, 0.15) is 20.8 Å². The zero-order valence-electron chi connectivity index (χ0n) is 31.2. The first kappa shape index (κ1) is 46.6. The summed E-state index contributed by atoms with van der Waals surface area (Å²) in [5.41, 5.74) is -0.313. The monoisotopic (exact) mass is 721 g/mol. The molecule has 0 aromatic heterocycles. The number of nitrogens with one attached hydrogen (secondary N) is 1. The standard InChI is InChI=1S/C22H64N13P4.BF4/c1-22(2,3)23-36(24-37(27(4)5,28(6)7)29(8)9,25-38(30(10)11,31(12)13)32(14)15)26-39(33(16)17,34(18)19)35(20)21;2-1(3,4)5/h23H,1-21H3;/q+1;-1. The second-order valence-electron chi connectivity index (χ2n) is 12.9. The van der Waals surface area contributed by atoms with Gasteiger partial charge in [0.25, 0.3) is 0 Å². The summed E-state index contributed by atoms with van der Waals surface area (Å²) in [5, 5.41) is 3.98. The first-order valence-corrected chi connectivity index (χ1v) is 20.3. The molecule has 0 rings (SSSR count). The Labute approximate surface area is 268 Å². The van der Waals surface area contributed by atoms with Crippen molar-refractivity contribution in [1.82, 2.24) is 47.1 Å². The molecule has 0 fully saturated rings. The van der Waals surface area contributed by atoms with Crippen molar-refractivity contribution in [2.24, 2.45) is 13.5 Å². The molecular weight excluding hydrogens is 657 g/mol. The van der Waals surface area contributed by atoms with Crippen LogP contribution in [0.5, 0.6) is 0 Å². The highest BCUT2D eigenvalue weighted by molar-refractivity contribution is 7.84. The van der Waals surface area contributed by atoms with E-state index in [1.165, 1.54) is 0 Å². The highest BCUT2D eigenvalue weighted by Gasteiger charge is 2.55. The summed E-state index contributed by atoms with van der Waals surface area (Å²) < 4.78 is 77.1. The van der Waals surface area contributed by atoms with Crippen LogP contribution in [0, 0.1) is 0 Å². The molecule has 22 heteroatoms. The predicted molar refractivity (Wildman–Crippen MR) is 191 cm³/mol. The van der Waals surface area contributed by atoms with Crippen molar-refractivity contribution in [3.8, 4) is 0 Å². The van der Waals surface area contributed by atoms with Crippen LogP contribution in [0.2, 0.25) is 0 Å². The SMILES string of the molecule is CN(C)P(=N[P+](N=P(N(C)C)(N(C)C)N(C)C)(N=P(N(C)C)(N(C)C)N(C)C)NC(C)(C)C)(N(C)C)N(C)C.F[B-](F)(F)F. The predicted octanol–water partition coefficient (Wildman–Crippen LogP) is 6.25. The van der Waals surface area contributed by atoms with E-state index in [0.717, 1.165) is 0 Å². The quantitative estimate of drug-likeness (QED) is 0.134. The zero-order chi connectivity index (χ0) is 36.0. The van der Waals surface area contributed by atoms with Crippen LogP contribution in [0.25, 0.3) is 0 Å². The van der Waals surface area contributed by atoms with Gasteiger partial charge in [0.05, 0.1) is 5.54 Å². The maximum atomic E-state index is 9.75. The molecule has 0 radical (unpaired) electrons. The highest BCUT2D eigenvalue weighted by atomic mass is 31.3. The summed E-state index contributed by atoms with van der Waals surface area (Å²) in [6.45, 7) is 6.56. The van der Waals surface area contributed by atoms with Gasteiger partial charge in [0, 0.05) is 0 Å². The van der Waals surface area contributed by atoms with Gasteiger partial charge in [0.15, 0.2) is 0 Å². The molecule has 0 aromatic rings. The van der Waals surface area contributed by atoms with Crippen molar-refractivity contribution in [2.75, 3.05) is 127 Å². The van der Waals surface area contributed by atoms with Gasteiger partial charge in [-0.1, -0.05) is 0 Å². The minimum atomic E-state index is -6.00. The number of hydrogen-bond acceptors (Lipinski definition) is 4. The van der Waals surface area contributed by atoms with Crippen LogP contribution < -0.4 is 5.09 Å². The fourth-order valence-electron chi connectivity index (χ4n) is 5.01. The third-order valence-electron chi connectivity index (χ3n) is 6.05. The molecule has 0 saturated carbocycles. The van der Waals surface area contributed by atoms with Crippen LogP contribution in [0.4, 0.5) is 17.3 Å². The van der Waals surface area contributed by atoms with Gasteiger partial charge in [-0.3, -0.25) is 0 Å². The fourth-order valence-corrected chi connectivity index (χ4v) is 24.1. The molecule has 0 aliphatic heterocycles. The number of halogens is 4. The summed E-state index contributed by atoms with van der Waals surface area (Å²) in [6.07, 6.45) is 0. The average Bonchev–Trinajstić information content (AvgIpc) is 2.75. The Morgan fingerprint density at radius 1 is 0.432 bits per heavy atom. The molecule has 13 nitrogen and oxygen atoms in total. The zero-order valence-corrected chi connectivity index (χ0v) is 34.8. The molecule has 0 aliphatic carbocycles. The fraction of sp³-hybridized carbons (Fsp3) is 1.00. The number of rotatable bonds is 13. The lowest BCUT2D eigenvalue weighted by atomic mass is 10.1. The minimum Gasteiger partial charge on any atom is -0.418 e. The van der Waals surface area contributed by atoms with Crippen molar-refractivity contribution in [2.45, 2.75) is 26.3 Å². The maximum absolute atomic E-state index is 9.75. The molecule has 44 heavy (non-hydrogen) atoms. The van der Waals surface area contributed by atoms with Crippen molar-refractivity contribution in [3.63, 3.8) is 0 Å². The Morgan fingerprint density at radius 2 is 0.568 bits per heavy atom. The van der Waals surface area contributed by atoms with Crippen molar-refractivity contribution >= 4 is 37.6 Å². The molecule has 0 unspecified atom stereocenters. The molecule has 0 bridgehead atoms. The number of hydrogen-bond donors (Lipinski definition) is 1. The average molecular weight is 722 g/mol. The van der Waals surface area contributed by atoms with E-state index < -0.39 is 37.6 Å². The topological polar surface area (TPSA) is 78.3 Å². The van der Waals surface area contributed by atoms with Crippen LogP contribution in [0.15, 0.2) is 13.5 Å². The highest BCUT2D eigenvalue weighted by Crippen LogP contribution is 2.81. The third-order valence-corrected chi connectivity index (χ3v) is 22.6.